The van der Waals surface area contributed by atoms with Gasteiger partial charge in [0.2, 0.25) is 0 Å². The number of methoxy groups -OCH3 is 1. The van der Waals surface area contributed by atoms with Gasteiger partial charge in [0.15, 0.2) is 5.82 Å². The first-order valence-electron chi connectivity index (χ1n) is 5.45. The van der Waals surface area contributed by atoms with Crippen molar-refractivity contribution in [2.75, 3.05) is 19.5 Å². The minimum atomic E-state index is -0.412. The summed E-state index contributed by atoms with van der Waals surface area (Å²) in [6.07, 6.45) is 0. The highest BCUT2D eigenvalue weighted by Crippen LogP contribution is 2.24. The van der Waals surface area contributed by atoms with Gasteiger partial charge in [0.25, 0.3) is 0 Å². The van der Waals surface area contributed by atoms with Gasteiger partial charge in [-0.05, 0) is 35.5 Å². The lowest BCUT2D eigenvalue weighted by Crippen LogP contribution is -2.14. The predicted molar refractivity (Wildman–Crippen MR) is 64.2 cm³/mol. The van der Waals surface area contributed by atoms with Gasteiger partial charge in [0.05, 0.1) is 18.2 Å². The summed E-state index contributed by atoms with van der Waals surface area (Å²) in [5, 5.41) is 11.3. The number of anilines is 1. The fourth-order valence-corrected chi connectivity index (χ4v) is 1.69. The minimum absolute atomic E-state index is 0.0965. The molecule has 0 bridgehead atoms. The van der Waals surface area contributed by atoms with Crippen LogP contribution in [0.4, 0.5) is 10.1 Å². The van der Waals surface area contributed by atoms with E-state index in [2.05, 4.69) is 15.5 Å². The molecule has 96 valence electrons. The Morgan fingerprint density at radius 3 is 3.00 bits per heavy atom. The average Bonchev–Trinajstić information content (AvgIpc) is 2.81. The third-order valence-corrected chi connectivity index (χ3v) is 2.55. The van der Waals surface area contributed by atoms with Crippen molar-refractivity contribution < 1.29 is 9.13 Å². The summed E-state index contributed by atoms with van der Waals surface area (Å²) in [5.41, 5.74) is 6.39. The summed E-state index contributed by atoms with van der Waals surface area (Å²) in [4.78, 5) is 0. The molecule has 7 heteroatoms. The van der Waals surface area contributed by atoms with Crippen LogP contribution in [0.25, 0.3) is 11.4 Å². The molecule has 0 aliphatic carbocycles. The van der Waals surface area contributed by atoms with Crippen LogP contribution in [0.15, 0.2) is 18.2 Å². The summed E-state index contributed by atoms with van der Waals surface area (Å²) in [6, 6.07) is 4.20. The van der Waals surface area contributed by atoms with E-state index in [1.165, 1.54) is 22.9 Å². The van der Waals surface area contributed by atoms with Crippen LogP contribution in [-0.4, -0.2) is 33.9 Å². The lowest BCUT2D eigenvalue weighted by Gasteiger charge is -2.12. The van der Waals surface area contributed by atoms with Crippen molar-refractivity contribution >= 4 is 5.69 Å². The van der Waals surface area contributed by atoms with Gasteiger partial charge in [0.1, 0.15) is 5.82 Å². The maximum Gasteiger partial charge on any atom is 0.185 e. The third kappa shape index (κ3) is 2.30. The SMILES string of the molecule is COCC(C)n1nnnc1-c1cc(N)ccc1F. The molecule has 0 aliphatic rings. The van der Waals surface area contributed by atoms with Gasteiger partial charge in [-0.1, -0.05) is 0 Å². The van der Waals surface area contributed by atoms with E-state index in [1.54, 1.807) is 7.11 Å². The third-order valence-electron chi connectivity index (χ3n) is 2.55. The molecule has 1 heterocycles. The summed E-state index contributed by atoms with van der Waals surface area (Å²) < 4.78 is 20.3. The molecule has 0 saturated heterocycles. The zero-order chi connectivity index (χ0) is 13.1. The smallest absolute Gasteiger partial charge is 0.185 e. The second-order valence-electron chi connectivity index (χ2n) is 3.99. The summed E-state index contributed by atoms with van der Waals surface area (Å²) >= 11 is 0. The zero-order valence-corrected chi connectivity index (χ0v) is 10.2. The summed E-state index contributed by atoms with van der Waals surface area (Å²) in [5.74, 6) is -0.0748. The van der Waals surface area contributed by atoms with Crippen molar-refractivity contribution in [3.8, 4) is 11.4 Å². The first-order chi connectivity index (χ1) is 8.63. The van der Waals surface area contributed by atoms with E-state index in [9.17, 15) is 4.39 Å². The highest BCUT2D eigenvalue weighted by atomic mass is 19.1. The Morgan fingerprint density at radius 1 is 1.50 bits per heavy atom. The predicted octanol–water partition coefficient (Wildman–Crippen LogP) is 1.27. The standard InChI is InChI=1S/C11H14FN5O/c1-7(6-18-2)17-11(14-15-16-17)9-5-8(13)3-4-10(9)12/h3-5,7H,6,13H2,1-2H3. The van der Waals surface area contributed by atoms with Crippen LogP contribution in [0.2, 0.25) is 0 Å². The van der Waals surface area contributed by atoms with Crippen molar-refractivity contribution in [3.63, 3.8) is 0 Å². The molecular weight excluding hydrogens is 237 g/mol. The highest BCUT2D eigenvalue weighted by Gasteiger charge is 2.17. The molecule has 1 aromatic heterocycles. The number of rotatable bonds is 4. The first-order valence-corrected chi connectivity index (χ1v) is 5.45. The molecule has 0 aliphatic heterocycles. The maximum absolute atomic E-state index is 13.8. The molecule has 0 spiro atoms. The van der Waals surface area contributed by atoms with Crippen molar-refractivity contribution in [1.29, 1.82) is 0 Å². The number of halogens is 1. The molecule has 2 aromatic rings. The number of benzene rings is 1. The summed E-state index contributed by atoms with van der Waals surface area (Å²) in [6.45, 7) is 2.32. The number of hydrogen-bond donors (Lipinski definition) is 1. The van der Waals surface area contributed by atoms with Gasteiger partial charge in [-0.2, -0.15) is 0 Å². The number of nitrogen functional groups attached to an aromatic ring is 1. The van der Waals surface area contributed by atoms with Crippen LogP contribution in [0.1, 0.15) is 13.0 Å². The molecule has 0 radical (unpaired) electrons. The van der Waals surface area contributed by atoms with E-state index in [0.717, 1.165) is 0 Å². The van der Waals surface area contributed by atoms with Gasteiger partial charge in [0, 0.05) is 12.8 Å². The number of nitrogens with two attached hydrogens (primary N) is 1. The Morgan fingerprint density at radius 2 is 2.28 bits per heavy atom. The average molecular weight is 251 g/mol. The van der Waals surface area contributed by atoms with Crippen LogP contribution in [0.5, 0.6) is 0 Å². The number of aromatic nitrogens is 4. The quantitative estimate of drug-likeness (QED) is 0.828. The van der Waals surface area contributed by atoms with Crippen molar-refractivity contribution in [2.45, 2.75) is 13.0 Å². The maximum atomic E-state index is 13.8. The van der Waals surface area contributed by atoms with Crippen LogP contribution in [-0.2, 0) is 4.74 Å². The monoisotopic (exact) mass is 251 g/mol. The molecular formula is C11H14FN5O. The second kappa shape index (κ2) is 5.09. The van der Waals surface area contributed by atoms with Crippen molar-refractivity contribution in [2.24, 2.45) is 0 Å². The van der Waals surface area contributed by atoms with Gasteiger partial charge in [-0.3, -0.25) is 0 Å². The normalized spacial score (nSPS) is 12.6. The van der Waals surface area contributed by atoms with Crippen LogP contribution >= 0.6 is 0 Å². The Hall–Kier alpha value is -2.02. The van der Waals surface area contributed by atoms with Crippen molar-refractivity contribution in [1.82, 2.24) is 20.2 Å². The van der Waals surface area contributed by atoms with Gasteiger partial charge in [-0.25, -0.2) is 9.07 Å². The minimum Gasteiger partial charge on any atom is -0.399 e. The molecule has 6 nitrogen and oxygen atoms in total. The Kier molecular flexibility index (Phi) is 3.52. The fraction of sp³-hybridized carbons (Fsp3) is 0.364. The van der Waals surface area contributed by atoms with E-state index in [0.29, 0.717) is 18.1 Å². The molecule has 2 N–H and O–H groups in total. The number of ether oxygens (including phenoxy) is 1. The number of nitrogens with zero attached hydrogens (tertiary/aromatic N) is 4. The molecule has 1 unspecified atom stereocenters. The molecule has 0 saturated carbocycles. The van der Waals surface area contributed by atoms with Gasteiger partial charge in [-0.15, -0.1) is 5.10 Å². The van der Waals surface area contributed by atoms with Crippen LogP contribution in [0.3, 0.4) is 0 Å². The van der Waals surface area contributed by atoms with E-state index in [1.807, 2.05) is 6.92 Å². The Labute approximate surface area is 104 Å². The lowest BCUT2D eigenvalue weighted by atomic mass is 10.1. The van der Waals surface area contributed by atoms with E-state index < -0.39 is 5.82 Å². The Bertz CT molecular complexity index is 542. The molecule has 1 atom stereocenters. The second-order valence-corrected chi connectivity index (χ2v) is 3.99. The summed E-state index contributed by atoms with van der Waals surface area (Å²) in [7, 11) is 1.58. The number of tetrazole rings is 1. The molecule has 1 aromatic carbocycles. The van der Waals surface area contributed by atoms with E-state index in [4.69, 9.17) is 10.5 Å². The first kappa shape index (κ1) is 12.4. The van der Waals surface area contributed by atoms with E-state index >= 15 is 0 Å². The lowest BCUT2D eigenvalue weighted by molar-refractivity contribution is 0.156. The molecule has 0 amide bonds. The van der Waals surface area contributed by atoms with Crippen molar-refractivity contribution in [3.05, 3.63) is 24.0 Å². The molecule has 18 heavy (non-hydrogen) atoms. The van der Waals surface area contributed by atoms with Gasteiger partial charge >= 0.3 is 0 Å². The largest absolute Gasteiger partial charge is 0.399 e. The van der Waals surface area contributed by atoms with Crippen LogP contribution in [0, 0.1) is 5.82 Å². The highest BCUT2D eigenvalue weighted by molar-refractivity contribution is 5.61. The topological polar surface area (TPSA) is 78.8 Å². The van der Waals surface area contributed by atoms with Gasteiger partial charge < -0.3 is 10.5 Å². The molecule has 2 rings (SSSR count). The van der Waals surface area contributed by atoms with Crippen LogP contribution < -0.4 is 5.73 Å². The fourth-order valence-electron chi connectivity index (χ4n) is 1.69. The number of hydrogen-bond acceptors (Lipinski definition) is 5. The Balaban J connectivity index is 2.45. The molecule has 0 fully saturated rings. The zero-order valence-electron chi connectivity index (χ0n) is 10.2. The van der Waals surface area contributed by atoms with E-state index in [-0.39, 0.29) is 11.6 Å².